The van der Waals surface area contributed by atoms with Gasteiger partial charge in [0.25, 0.3) is 0 Å². The predicted octanol–water partition coefficient (Wildman–Crippen LogP) is 3.66. The fourth-order valence-electron chi connectivity index (χ4n) is 2.92. The molecule has 0 unspecified atom stereocenters. The van der Waals surface area contributed by atoms with E-state index < -0.39 is 0 Å². The fourth-order valence-corrected chi connectivity index (χ4v) is 3.23. The summed E-state index contributed by atoms with van der Waals surface area (Å²) in [5.74, 6) is 0.937. The summed E-state index contributed by atoms with van der Waals surface area (Å²) >= 11 is 5.52. The number of aryl methyl sites for hydroxylation is 1. The standard InChI is InChI=1S/C18H22N4S/c1-3-11-21-15(2)19-22(18(21)23)14-20-12-9-17(10-13-20)16-7-5-4-6-8-16/h3-9H,1,10-14H2,2H3. The van der Waals surface area contributed by atoms with Crippen molar-refractivity contribution in [3.63, 3.8) is 0 Å². The normalized spacial score (nSPS) is 15.4. The van der Waals surface area contributed by atoms with E-state index in [0.29, 0.717) is 6.54 Å². The predicted molar refractivity (Wildman–Crippen MR) is 96.6 cm³/mol. The van der Waals surface area contributed by atoms with E-state index in [-0.39, 0.29) is 0 Å². The second kappa shape index (κ2) is 7.06. The van der Waals surface area contributed by atoms with Crippen molar-refractivity contribution in [2.45, 2.75) is 26.6 Å². The van der Waals surface area contributed by atoms with Crippen molar-refractivity contribution >= 4 is 17.8 Å². The molecule has 1 aliphatic heterocycles. The lowest BCUT2D eigenvalue weighted by Crippen LogP contribution is -2.31. The summed E-state index contributed by atoms with van der Waals surface area (Å²) in [5, 5.41) is 4.57. The van der Waals surface area contributed by atoms with Gasteiger partial charge in [-0.3, -0.25) is 4.90 Å². The number of aromatic nitrogens is 3. The number of benzene rings is 1. The van der Waals surface area contributed by atoms with Gasteiger partial charge in [-0.1, -0.05) is 42.5 Å². The molecule has 0 bridgehead atoms. The van der Waals surface area contributed by atoms with E-state index in [2.05, 4.69) is 53.0 Å². The van der Waals surface area contributed by atoms with Crippen LogP contribution in [0.15, 0.2) is 49.1 Å². The molecule has 0 aliphatic carbocycles. The monoisotopic (exact) mass is 326 g/mol. The van der Waals surface area contributed by atoms with E-state index in [0.717, 1.165) is 36.8 Å². The quantitative estimate of drug-likeness (QED) is 0.619. The van der Waals surface area contributed by atoms with Gasteiger partial charge in [-0.25, -0.2) is 4.68 Å². The van der Waals surface area contributed by atoms with E-state index in [1.54, 1.807) is 0 Å². The van der Waals surface area contributed by atoms with E-state index in [1.165, 1.54) is 11.1 Å². The number of allylic oxidation sites excluding steroid dienone is 1. The van der Waals surface area contributed by atoms with Crippen LogP contribution in [0.1, 0.15) is 17.8 Å². The minimum Gasteiger partial charge on any atom is -0.300 e. The Kier molecular flexibility index (Phi) is 4.88. The zero-order valence-electron chi connectivity index (χ0n) is 13.5. The maximum Gasteiger partial charge on any atom is 0.199 e. The van der Waals surface area contributed by atoms with Gasteiger partial charge in [-0.05, 0) is 36.7 Å². The number of rotatable bonds is 5. The van der Waals surface area contributed by atoms with Crippen molar-refractivity contribution in [3.8, 4) is 0 Å². The van der Waals surface area contributed by atoms with Crippen LogP contribution in [0.25, 0.3) is 5.57 Å². The molecule has 2 aromatic rings. The first-order valence-corrected chi connectivity index (χ1v) is 8.32. The summed E-state index contributed by atoms with van der Waals surface area (Å²) in [6.45, 7) is 9.17. The second-order valence-electron chi connectivity index (χ2n) is 5.79. The first-order chi connectivity index (χ1) is 11.2. The Balaban J connectivity index is 1.70. The lowest BCUT2D eigenvalue weighted by atomic mass is 10.00. The lowest BCUT2D eigenvalue weighted by molar-refractivity contribution is 0.225. The van der Waals surface area contributed by atoms with Crippen LogP contribution in [0, 0.1) is 11.7 Å². The van der Waals surface area contributed by atoms with Crippen LogP contribution in [0.4, 0.5) is 0 Å². The van der Waals surface area contributed by atoms with E-state index in [4.69, 9.17) is 12.2 Å². The molecule has 1 aromatic heterocycles. The maximum atomic E-state index is 5.52. The summed E-state index contributed by atoms with van der Waals surface area (Å²) < 4.78 is 4.69. The molecule has 0 N–H and O–H groups in total. The molecule has 23 heavy (non-hydrogen) atoms. The van der Waals surface area contributed by atoms with Gasteiger partial charge in [-0.2, -0.15) is 5.10 Å². The molecule has 0 saturated heterocycles. The Morgan fingerprint density at radius 1 is 1.30 bits per heavy atom. The van der Waals surface area contributed by atoms with Crippen LogP contribution in [0.3, 0.4) is 0 Å². The molecule has 120 valence electrons. The van der Waals surface area contributed by atoms with E-state index >= 15 is 0 Å². The number of hydrogen-bond acceptors (Lipinski definition) is 3. The third kappa shape index (κ3) is 3.51. The first kappa shape index (κ1) is 15.9. The lowest BCUT2D eigenvalue weighted by Gasteiger charge is -2.26. The van der Waals surface area contributed by atoms with Gasteiger partial charge >= 0.3 is 0 Å². The topological polar surface area (TPSA) is 26.0 Å². The molecule has 4 nitrogen and oxygen atoms in total. The molecule has 5 heteroatoms. The molecule has 0 spiro atoms. The zero-order valence-corrected chi connectivity index (χ0v) is 14.3. The molecular weight excluding hydrogens is 304 g/mol. The summed E-state index contributed by atoms with van der Waals surface area (Å²) in [5.41, 5.74) is 2.76. The van der Waals surface area contributed by atoms with Crippen molar-refractivity contribution < 1.29 is 0 Å². The summed E-state index contributed by atoms with van der Waals surface area (Å²) in [6.07, 6.45) is 5.23. The van der Waals surface area contributed by atoms with Crippen LogP contribution < -0.4 is 0 Å². The summed E-state index contributed by atoms with van der Waals surface area (Å²) in [6, 6.07) is 10.6. The molecule has 1 aliphatic rings. The minimum absolute atomic E-state index is 0.711. The number of hydrogen-bond donors (Lipinski definition) is 0. The second-order valence-corrected chi connectivity index (χ2v) is 6.16. The largest absolute Gasteiger partial charge is 0.300 e. The van der Waals surface area contributed by atoms with Gasteiger partial charge in [0.1, 0.15) is 5.82 Å². The third-order valence-corrected chi connectivity index (χ3v) is 4.62. The molecule has 3 rings (SSSR count). The van der Waals surface area contributed by atoms with Crippen molar-refractivity contribution in [2.75, 3.05) is 13.1 Å². The Morgan fingerprint density at radius 3 is 2.74 bits per heavy atom. The maximum absolute atomic E-state index is 5.52. The Hall–Kier alpha value is -1.98. The molecule has 2 heterocycles. The fraction of sp³-hybridized carbons (Fsp3) is 0.333. The third-order valence-electron chi connectivity index (χ3n) is 4.19. The smallest absolute Gasteiger partial charge is 0.199 e. The molecular formula is C18H22N4S. The van der Waals surface area contributed by atoms with Crippen LogP contribution in [-0.2, 0) is 13.2 Å². The van der Waals surface area contributed by atoms with Crippen LogP contribution in [-0.4, -0.2) is 32.3 Å². The van der Waals surface area contributed by atoms with Gasteiger partial charge in [0.05, 0.1) is 6.67 Å². The highest BCUT2D eigenvalue weighted by Crippen LogP contribution is 2.22. The van der Waals surface area contributed by atoms with Crippen LogP contribution >= 0.6 is 12.2 Å². The van der Waals surface area contributed by atoms with E-state index in [9.17, 15) is 0 Å². The Labute approximate surface area is 142 Å². The van der Waals surface area contributed by atoms with Crippen molar-refractivity contribution in [3.05, 3.63) is 65.2 Å². The zero-order chi connectivity index (χ0) is 16.2. The molecule has 0 saturated carbocycles. The van der Waals surface area contributed by atoms with Gasteiger partial charge in [0, 0.05) is 19.6 Å². The summed E-state index contributed by atoms with van der Waals surface area (Å²) in [7, 11) is 0. The Morgan fingerprint density at radius 2 is 2.09 bits per heavy atom. The van der Waals surface area contributed by atoms with Crippen LogP contribution in [0.5, 0.6) is 0 Å². The van der Waals surface area contributed by atoms with Gasteiger partial charge < -0.3 is 4.57 Å². The molecule has 0 amide bonds. The Bertz CT molecular complexity index is 770. The molecule has 0 radical (unpaired) electrons. The van der Waals surface area contributed by atoms with Crippen molar-refractivity contribution in [1.82, 2.24) is 19.2 Å². The average Bonchev–Trinajstić information content (AvgIpc) is 2.84. The van der Waals surface area contributed by atoms with Gasteiger partial charge in [0.15, 0.2) is 4.77 Å². The van der Waals surface area contributed by atoms with E-state index in [1.807, 2.05) is 22.2 Å². The molecule has 1 aromatic carbocycles. The van der Waals surface area contributed by atoms with Crippen LogP contribution in [0.2, 0.25) is 0 Å². The highest BCUT2D eigenvalue weighted by Gasteiger charge is 2.15. The molecule has 0 atom stereocenters. The molecule has 0 fully saturated rings. The van der Waals surface area contributed by atoms with Gasteiger partial charge in [-0.15, -0.1) is 6.58 Å². The SMILES string of the molecule is C=CCn1c(C)nn(CN2CC=C(c3ccccc3)CC2)c1=S. The minimum atomic E-state index is 0.711. The highest BCUT2D eigenvalue weighted by atomic mass is 32.1. The average molecular weight is 326 g/mol. The first-order valence-electron chi connectivity index (χ1n) is 7.91. The summed E-state index contributed by atoms with van der Waals surface area (Å²) in [4.78, 5) is 2.37. The highest BCUT2D eigenvalue weighted by molar-refractivity contribution is 7.71. The van der Waals surface area contributed by atoms with Gasteiger partial charge in [0.2, 0.25) is 0 Å². The number of nitrogens with zero attached hydrogens (tertiary/aromatic N) is 4. The van der Waals surface area contributed by atoms with Crippen molar-refractivity contribution in [2.24, 2.45) is 0 Å². The van der Waals surface area contributed by atoms with Crippen molar-refractivity contribution in [1.29, 1.82) is 0 Å².